The van der Waals surface area contributed by atoms with Crippen molar-refractivity contribution < 1.29 is 4.79 Å². The molecular formula is C10H7Cl3N2OS. The fraction of sp³-hybridized carbons (Fsp3) is 0.200. The van der Waals surface area contributed by atoms with E-state index >= 15 is 0 Å². The number of benzene rings is 1. The van der Waals surface area contributed by atoms with Crippen LogP contribution < -0.4 is 5.32 Å². The molecular weight excluding hydrogens is 303 g/mol. The minimum absolute atomic E-state index is 0.583. The van der Waals surface area contributed by atoms with E-state index < -0.39 is 9.70 Å². The molecule has 1 heterocycles. The van der Waals surface area contributed by atoms with Gasteiger partial charge in [-0.3, -0.25) is 4.79 Å². The van der Waals surface area contributed by atoms with Crippen LogP contribution in [0.5, 0.6) is 0 Å². The molecule has 3 nitrogen and oxygen atoms in total. The van der Waals surface area contributed by atoms with Crippen LogP contribution >= 0.6 is 46.3 Å². The first-order valence-electron chi connectivity index (χ1n) is 4.62. The highest BCUT2D eigenvalue weighted by molar-refractivity contribution is 7.12. The lowest BCUT2D eigenvalue weighted by Gasteiger charge is -2.09. The van der Waals surface area contributed by atoms with Crippen molar-refractivity contribution in [3.8, 4) is 0 Å². The van der Waals surface area contributed by atoms with Crippen LogP contribution in [-0.2, 0) is 4.79 Å². The first-order valence-corrected chi connectivity index (χ1v) is 6.53. The number of amides is 1. The van der Waals surface area contributed by atoms with Gasteiger partial charge >= 0.3 is 0 Å². The SMILES string of the molecule is Cc1ccc2nsc(NC(=O)C(Cl)(Cl)Cl)c2c1. The van der Waals surface area contributed by atoms with Crippen LogP contribution in [0.1, 0.15) is 5.56 Å². The molecule has 7 heteroatoms. The number of carbonyl (C=O) groups is 1. The average Bonchev–Trinajstić information content (AvgIpc) is 2.60. The second kappa shape index (κ2) is 4.61. The number of alkyl halides is 3. The van der Waals surface area contributed by atoms with Crippen molar-refractivity contribution in [3.63, 3.8) is 0 Å². The molecule has 0 bridgehead atoms. The summed E-state index contributed by atoms with van der Waals surface area (Å²) >= 11 is 17.6. The van der Waals surface area contributed by atoms with Gasteiger partial charge in [0.2, 0.25) is 0 Å². The molecule has 1 aromatic heterocycles. The fourth-order valence-corrected chi connectivity index (χ4v) is 2.21. The smallest absolute Gasteiger partial charge is 0.277 e. The van der Waals surface area contributed by atoms with Crippen LogP contribution in [0.2, 0.25) is 0 Å². The Labute approximate surface area is 117 Å². The highest BCUT2D eigenvalue weighted by Gasteiger charge is 2.31. The summed E-state index contributed by atoms with van der Waals surface area (Å²) in [6.07, 6.45) is 0. The van der Waals surface area contributed by atoms with Gasteiger partial charge in [0.15, 0.2) is 0 Å². The van der Waals surface area contributed by atoms with Gasteiger partial charge in [0.25, 0.3) is 9.70 Å². The van der Waals surface area contributed by atoms with Gasteiger partial charge < -0.3 is 5.32 Å². The van der Waals surface area contributed by atoms with Crippen molar-refractivity contribution >= 4 is 68.1 Å². The van der Waals surface area contributed by atoms with E-state index in [0.29, 0.717) is 5.00 Å². The van der Waals surface area contributed by atoms with Crippen LogP contribution in [0, 0.1) is 6.92 Å². The summed E-state index contributed by atoms with van der Waals surface area (Å²) in [5, 5.41) is 3.98. The molecule has 0 saturated carbocycles. The van der Waals surface area contributed by atoms with Gasteiger partial charge in [0, 0.05) is 5.39 Å². The molecule has 0 aliphatic rings. The number of halogens is 3. The van der Waals surface area contributed by atoms with Gasteiger partial charge in [-0.2, -0.15) is 4.37 Å². The van der Waals surface area contributed by atoms with Crippen molar-refractivity contribution in [2.24, 2.45) is 0 Å². The van der Waals surface area contributed by atoms with E-state index in [1.807, 2.05) is 25.1 Å². The zero-order chi connectivity index (χ0) is 12.6. The fourth-order valence-electron chi connectivity index (χ4n) is 1.32. The Balaban J connectivity index is 2.37. The van der Waals surface area contributed by atoms with Gasteiger partial charge in [-0.25, -0.2) is 0 Å². The van der Waals surface area contributed by atoms with Crippen LogP contribution in [0.15, 0.2) is 18.2 Å². The Morgan fingerprint density at radius 1 is 1.41 bits per heavy atom. The number of carbonyl (C=O) groups excluding carboxylic acids is 1. The second-order valence-electron chi connectivity index (χ2n) is 3.48. The number of anilines is 1. The highest BCUT2D eigenvalue weighted by Crippen LogP contribution is 2.32. The second-order valence-corrected chi connectivity index (χ2v) is 6.54. The van der Waals surface area contributed by atoms with E-state index in [2.05, 4.69) is 9.69 Å². The predicted molar refractivity (Wildman–Crippen MR) is 73.3 cm³/mol. The molecule has 2 aromatic rings. The summed E-state index contributed by atoms with van der Waals surface area (Å²) < 4.78 is 2.22. The number of nitrogens with zero attached hydrogens (tertiary/aromatic N) is 1. The molecule has 0 fully saturated rings. The maximum atomic E-state index is 11.5. The van der Waals surface area contributed by atoms with E-state index in [9.17, 15) is 4.79 Å². The molecule has 2 rings (SSSR count). The van der Waals surface area contributed by atoms with Crippen LogP contribution in [-0.4, -0.2) is 14.1 Å². The minimum atomic E-state index is -1.97. The van der Waals surface area contributed by atoms with E-state index in [-0.39, 0.29) is 0 Å². The molecule has 0 aliphatic carbocycles. The Kier molecular flexibility index (Phi) is 3.50. The third-order valence-electron chi connectivity index (χ3n) is 2.12. The number of hydrogen-bond acceptors (Lipinski definition) is 3. The molecule has 17 heavy (non-hydrogen) atoms. The number of fused-ring (bicyclic) bond motifs is 1. The standard InChI is InChI=1S/C10H7Cl3N2OS/c1-5-2-3-7-6(4-5)8(17-15-7)14-9(16)10(11,12)13/h2-4H,1H3,(H,14,16). The molecule has 0 atom stereocenters. The molecule has 0 radical (unpaired) electrons. The summed E-state index contributed by atoms with van der Waals surface area (Å²) in [5.74, 6) is -0.686. The zero-order valence-corrected chi connectivity index (χ0v) is 11.7. The van der Waals surface area contributed by atoms with E-state index in [1.54, 1.807) is 0 Å². The van der Waals surface area contributed by atoms with Crippen molar-refractivity contribution in [1.82, 2.24) is 4.37 Å². The molecule has 90 valence electrons. The first kappa shape index (κ1) is 12.9. The number of aromatic nitrogens is 1. The van der Waals surface area contributed by atoms with Crippen LogP contribution in [0.4, 0.5) is 5.00 Å². The molecule has 1 aromatic carbocycles. The molecule has 0 aliphatic heterocycles. The normalized spacial score (nSPS) is 11.8. The molecule has 0 saturated heterocycles. The summed E-state index contributed by atoms with van der Waals surface area (Å²) in [5.41, 5.74) is 1.88. The Morgan fingerprint density at radius 3 is 2.76 bits per heavy atom. The third-order valence-corrected chi connectivity index (χ3v) is 3.42. The summed E-state index contributed by atoms with van der Waals surface area (Å²) in [4.78, 5) is 11.5. The topological polar surface area (TPSA) is 42.0 Å². The maximum absolute atomic E-state index is 11.5. The molecule has 0 unspecified atom stereocenters. The Morgan fingerprint density at radius 2 is 2.12 bits per heavy atom. The van der Waals surface area contributed by atoms with Crippen molar-refractivity contribution in [2.45, 2.75) is 10.7 Å². The maximum Gasteiger partial charge on any atom is 0.277 e. The number of nitrogens with one attached hydrogen (secondary N) is 1. The van der Waals surface area contributed by atoms with E-state index in [4.69, 9.17) is 34.8 Å². The minimum Gasteiger partial charge on any atom is -0.312 e. The number of rotatable bonds is 1. The number of hydrogen-bond donors (Lipinski definition) is 1. The Hall–Kier alpha value is -0.550. The lowest BCUT2D eigenvalue weighted by atomic mass is 10.2. The van der Waals surface area contributed by atoms with E-state index in [0.717, 1.165) is 28.0 Å². The van der Waals surface area contributed by atoms with Crippen LogP contribution in [0.25, 0.3) is 10.9 Å². The summed E-state index contributed by atoms with van der Waals surface area (Å²) in [6.45, 7) is 1.96. The summed E-state index contributed by atoms with van der Waals surface area (Å²) in [7, 11) is 0. The Bertz CT molecular complexity index is 576. The van der Waals surface area contributed by atoms with Crippen molar-refractivity contribution in [1.29, 1.82) is 0 Å². The monoisotopic (exact) mass is 308 g/mol. The van der Waals surface area contributed by atoms with Gasteiger partial charge in [-0.15, -0.1) is 0 Å². The third kappa shape index (κ3) is 2.83. The lowest BCUT2D eigenvalue weighted by molar-refractivity contribution is -0.115. The summed E-state index contributed by atoms with van der Waals surface area (Å²) in [6, 6.07) is 5.75. The largest absolute Gasteiger partial charge is 0.312 e. The molecule has 0 spiro atoms. The van der Waals surface area contributed by atoms with Gasteiger partial charge in [0.05, 0.1) is 5.52 Å². The molecule has 1 amide bonds. The van der Waals surface area contributed by atoms with Crippen LogP contribution in [0.3, 0.4) is 0 Å². The quantitative estimate of drug-likeness (QED) is 0.811. The van der Waals surface area contributed by atoms with Crippen molar-refractivity contribution in [2.75, 3.05) is 5.32 Å². The van der Waals surface area contributed by atoms with Gasteiger partial charge in [-0.1, -0.05) is 46.4 Å². The average molecular weight is 310 g/mol. The lowest BCUT2D eigenvalue weighted by Crippen LogP contribution is -2.26. The van der Waals surface area contributed by atoms with Crippen molar-refractivity contribution in [3.05, 3.63) is 23.8 Å². The highest BCUT2D eigenvalue weighted by atomic mass is 35.6. The van der Waals surface area contributed by atoms with Gasteiger partial charge in [-0.05, 0) is 30.6 Å². The molecule has 1 N–H and O–H groups in total. The van der Waals surface area contributed by atoms with Gasteiger partial charge in [0.1, 0.15) is 5.00 Å². The first-order chi connectivity index (χ1) is 7.88. The number of aryl methyl sites for hydroxylation is 1. The predicted octanol–water partition coefficient (Wildman–Crippen LogP) is 3.91. The zero-order valence-electron chi connectivity index (χ0n) is 8.63. The van der Waals surface area contributed by atoms with E-state index in [1.165, 1.54) is 0 Å².